The van der Waals surface area contributed by atoms with E-state index >= 15 is 0 Å². The van der Waals surface area contributed by atoms with Crippen molar-refractivity contribution in [3.63, 3.8) is 0 Å². The number of fused-ring (bicyclic) bond motifs is 1. The Morgan fingerprint density at radius 1 is 0.857 bits per heavy atom. The molecule has 0 aliphatic carbocycles. The quantitative estimate of drug-likeness (QED) is 0.472. The molecular formula is C19H18N4O4S. The highest BCUT2D eigenvalue weighted by atomic mass is 32.1. The number of rotatable bonds is 7. The zero-order valence-electron chi connectivity index (χ0n) is 15.6. The molecule has 2 heterocycles. The lowest BCUT2D eigenvalue weighted by molar-refractivity contribution is 0.292. The van der Waals surface area contributed by atoms with Gasteiger partial charge in [0.2, 0.25) is 4.96 Å². The minimum absolute atomic E-state index is 0.253. The van der Waals surface area contributed by atoms with Crippen LogP contribution in [0.25, 0.3) is 15.5 Å². The van der Waals surface area contributed by atoms with Crippen LogP contribution >= 0.6 is 11.3 Å². The van der Waals surface area contributed by atoms with E-state index in [4.69, 9.17) is 18.9 Å². The van der Waals surface area contributed by atoms with Crippen molar-refractivity contribution in [2.24, 2.45) is 0 Å². The molecular weight excluding hydrogens is 380 g/mol. The minimum Gasteiger partial charge on any atom is -0.497 e. The van der Waals surface area contributed by atoms with Gasteiger partial charge in [-0.25, -0.2) is 0 Å². The number of ether oxygens (including phenoxy) is 4. The molecule has 9 heteroatoms. The predicted octanol–water partition coefficient (Wildman–Crippen LogP) is 3.46. The fraction of sp³-hybridized carbons (Fsp3) is 0.211. The van der Waals surface area contributed by atoms with Crippen molar-refractivity contribution in [2.45, 2.75) is 6.61 Å². The SMILES string of the molecule is COc1ccc(OCc2nnc3sc(-c4ccc(OC)c(OC)c4)nn23)cc1. The first-order valence-electron chi connectivity index (χ1n) is 8.42. The van der Waals surface area contributed by atoms with Crippen molar-refractivity contribution in [2.75, 3.05) is 21.3 Å². The van der Waals surface area contributed by atoms with Gasteiger partial charge in [-0.3, -0.25) is 0 Å². The molecule has 144 valence electrons. The van der Waals surface area contributed by atoms with Gasteiger partial charge in [-0.2, -0.15) is 9.61 Å². The number of benzene rings is 2. The van der Waals surface area contributed by atoms with Crippen LogP contribution in [0.4, 0.5) is 0 Å². The van der Waals surface area contributed by atoms with E-state index in [0.29, 0.717) is 28.0 Å². The van der Waals surface area contributed by atoms with E-state index in [1.807, 2.05) is 42.5 Å². The van der Waals surface area contributed by atoms with E-state index in [2.05, 4.69) is 15.3 Å². The van der Waals surface area contributed by atoms with Crippen LogP contribution in [-0.4, -0.2) is 41.1 Å². The van der Waals surface area contributed by atoms with E-state index in [1.165, 1.54) is 11.3 Å². The molecule has 4 rings (SSSR count). The molecule has 2 aromatic carbocycles. The van der Waals surface area contributed by atoms with Gasteiger partial charge < -0.3 is 18.9 Å². The number of hydrogen-bond acceptors (Lipinski definition) is 8. The molecule has 0 aliphatic rings. The lowest BCUT2D eigenvalue weighted by Gasteiger charge is -2.08. The number of hydrogen-bond donors (Lipinski definition) is 0. The first-order valence-corrected chi connectivity index (χ1v) is 9.24. The van der Waals surface area contributed by atoms with Gasteiger partial charge >= 0.3 is 0 Å². The van der Waals surface area contributed by atoms with Crippen molar-refractivity contribution in [1.29, 1.82) is 0 Å². The standard InChI is InChI=1S/C19H18N4O4S/c1-24-13-5-7-14(8-6-13)27-11-17-20-21-19-23(17)22-18(28-19)12-4-9-15(25-2)16(10-12)26-3/h4-10H,11H2,1-3H3. The molecule has 0 unspecified atom stereocenters. The number of methoxy groups -OCH3 is 3. The smallest absolute Gasteiger partial charge is 0.235 e. The molecule has 28 heavy (non-hydrogen) atoms. The molecule has 0 fully saturated rings. The topological polar surface area (TPSA) is 80.0 Å². The summed E-state index contributed by atoms with van der Waals surface area (Å²) in [5, 5.41) is 13.8. The van der Waals surface area contributed by atoms with Crippen LogP contribution in [0.15, 0.2) is 42.5 Å². The van der Waals surface area contributed by atoms with Gasteiger partial charge in [-0.15, -0.1) is 10.2 Å². The van der Waals surface area contributed by atoms with Gasteiger partial charge in [0.05, 0.1) is 21.3 Å². The lowest BCUT2D eigenvalue weighted by Crippen LogP contribution is -2.02. The summed E-state index contributed by atoms with van der Waals surface area (Å²) in [5.74, 6) is 3.43. The summed E-state index contributed by atoms with van der Waals surface area (Å²) < 4.78 is 23.3. The van der Waals surface area contributed by atoms with Crippen LogP contribution in [0.2, 0.25) is 0 Å². The van der Waals surface area contributed by atoms with E-state index in [9.17, 15) is 0 Å². The molecule has 0 radical (unpaired) electrons. The molecule has 8 nitrogen and oxygen atoms in total. The van der Waals surface area contributed by atoms with Gasteiger partial charge in [-0.05, 0) is 42.5 Å². The Balaban J connectivity index is 1.56. The van der Waals surface area contributed by atoms with Crippen molar-refractivity contribution < 1.29 is 18.9 Å². The zero-order valence-corrected chi connectivity index (χ0v) is 16.4. The first-order chi connectivity index (χ1) is 13.7. The summed E-state index contributed by atoms with van der Waals surface area (Å²) >= 11 is 1.44. The fourth-order valence-corrected chi connectivity index (χ4v) is 3.51. The Kier molecular flexibility index (Phi) is 4.98. The maximum atomic E-state index is 5.79. The van der Waals surface area contributed by atoms with Gasteiger partial charge in [0.1, 0.15) is 23.1 Å². The summed E-state index contributed by atoms with van der Waals surface area (Å²) in [6.07, 6.45) is 0. The van der Waals surface area contributed by atoms with Crippen molar-refractivity contribution in [3.8, 4) is 33.6 Å². The second kappa shape index (κ2) is 7.73. The summed E-state index contributed by atoms with van der Waals surface area (Å²) in [7, 11) is 4.84. The van der Waals surface area contributed by atoms with Crippen LogP contribution in [0, 0.1) is 0 Å². The lowest BCUT2D eigenvalue weighted by atomic mass is 10.2. The normalized spacial score (nSPS) is 10.8. The Bertz CT molecular complexity index is 1090. The zero-order chi connectivity index (χ0) is 19.5. The van der Waals surface area contributed by atoms with Gasteiger partial charge in [-0.1, -0.05) is 11.3 Å². The van der Waals surface area contributed by atoms with Crippen LogP contribution in [0.1, 0.15) is 5.82 Å². The second-order valence-electron chi connectivity index (χ2n) is 5.75. The molecule has 4 aromatic rings. The predicted molar refractivity (Wildman–Crippen MR) is 105 cm³/mol. The summed E-state index contributed by atoms with van der Waals surface area (Å²) in [6, 6.07) is 13.0. The highest BCUT2D eigenvalue weighted by Gasteiger charge is 2.15. The molecule has 0 aliphatic heterocycles. The molecule has 0 saturated carbocycles. The molecule has 0 amide bonds. The molecule has 0 saturated heterocycles. The third kappa shape index (κ3) is 3.44. The Morgan fingerprint density at radius 3 is 2.32 bits per heavy atom. The largest absolute Gasteiger partial charge is 0.497 e. The van der Waals surface area contributed by atoms with Crippen molar-refractivity contribution >= 4 is 16.3 Å². The molecule has 0 bridgehead atoms. The summed E-state index contributed by atoms with van der Waals surface area (Å²) in [6.45, 7) is 0.253. The summed E-state index contributed by atoms with van der Waals surface area (Å²) in [4.78, 5) is 0.693. The Hall–Kier alpha value is -3.33. The highest BCUT2D eigenvalue weighted by molar-refractivity contribution is 7.19. The second-order valence-corrected chi connectivity index (χ2v) is 6.71. The molecule has 0 spiro atoms. The van der Waals surface area contributed by atoms with Crippen LogP contribution in [0.3, 0.4) is 0 Å². The number of nitrogens with zero attached hydrogens (tertiary/aromatic N) is 4. The number of aromatic nitrogens is 4. The van der Waals surface area contributed by atoms with Crippen LogP contribution < -0.4 is 18.9 Å². The van der Waals surface area contributed by atoms with Gasteiger partial charge in [0, 0.05) is 5.56 Å². The first kappa shape index (κ1) is 18.1. The average Bonchev–Trinajstić information content (AvgIpc) is 3.33. The van der Waals surface area contributed by atoms with E-state index in [0.717, 1.165) is 16.3 Å². The van der Waals surface area contributed by atoms with Crippen molar-refractivity contribution in [3.05, 3.63) is 48.3 Å². The fourth-order valence-electron chi connectivity index (χ4n) is 2.65. The highest BCUT2D eigenvalue weighted by Crippen LogP contribution is 2.34. The van der Waals surface area contributed by atoms with Crippen LogP contribution in [-0.2, 0) is 6.61 Å². The van der Waals surface area contributed by atoms with E-state index < -0.39 is 0 Å². The van der Waals surface area contributed by atoms with E-state index in [-0.39, 0.29) is 6.61 Å². The molecule has 2 aromatic heterocycles. The van der Waals surface area contributed by atoms with Crippen molar-refractivity contribution in [1.82, 2.24) is 19.8 Å². The molecule has 0 atom stereocenters. The monoisotopic (exact) mass is 398 g/mol. The van der Waals surface area contributed by atoms with Gasteiger partial charge in [0.25, 0.3) is 0 Å². The summed E-state index contributed by atoms with van der Waals surface area (Å²) in [5.41, 5.74) is 0.912. The third-order valence-electron chi connectivity index (χ3n) is 4.11. The van der Waals surface area contributed by atoms with Crippen LogP contribution in [0.5, 0.6) is 23.0 Å². The molecule has 0 N–H and O–H groups in total. The van der Waals surface area contributed by atoms with E-state index in [1.54, 1.807) is 25.8 Å². The average molecular weight is 398 g/mol. The third-order valence-corrected chi connectivity index (χ3v) is 5.06. The maximum Gasteiger partial charge on any atom is 0.235 e. The minimum atomic E-state index is 0.253. The van der Waals surface area contributed by atoms with Gasteiger partial charge in [0.15, 0.2) is 17.3 Å². The maximum absolute atomic E-state index is 5.79. The Morgan fingerprint density at radius 2 is 1.61 bits per heavy atom. The Labute approximate surface area is 165 Å².